The lowest BCUT2D eigenvalue weighted by atomic mass is 10.2. The van der Waals surface area contributed by atoms with Crippen LogP contribution in [0.4, 0.5) is 0 Å². The summed E-state index contributed by atoms with van der Waals surface area (Å²) in [4.78, 5) is 12.8. The second kappa shape index (κ2) is 5.97. The smallest absolute Gasteiger partial charge is 0.298 e. The van der Waals surface area contributed by atoms with Gasteiger partial charge >= 0.3 is 0 Å². The van der Waals surface area contributed by atoms with Gasteiger partial charge in [-0.15, -0.1) is 0 Å². The largest absolute Gasteiger partial charge is 0.451 e. The molecule has 0 saturated heterocycles. The summed E-state index contributed by atoms with van der Waals surface area (Å²) in [6, 6.07) is 20.0. The van der Waals surface area contributed by atoms with Crippen molar-refractivity contribution in [1.29, 1.82) is 5.26 Å². The number of furan rings is 1. The normalized spacial score (nSPS) is 10.7. The van der Waals surface area contributed by atoms with Crippen molar-refractivity contribution in [1.82, 2.24) is 4.57 Å². The van der Waals surface area contributed by atoms with Crippen molar-refractivity contribution in [3.05, 3.63) is 83.2 Å². The van der Waals surface area contributed by atoms with Crippen molar-refractivity contribution in [3.63, 3.8) is 0 Å². The Kier molecular flexibility index (Phi) is 3.64. The molecule has 0 bridgehead atoms. The molecule has 0 unspecified atom stereocenters. The van der Waals surface area contributed by atoms with Gasteiger partial charge in [0.2, 0.25) is 0 Å². The molecule has 0 aliphatic carbocycles. The van der Waals surface area contributed by atoms with E-state index in [9.17, 15) is 10.1 Å². The van der Waals surface area contributed by atoms with Gasteiger partial charge in [-0.2, -0.15) is 5.26 Å². The summed E-state index contributed by atoms with van der Waals surface area (Å²) in [6.07, 6.45) is 1.54. The van der Waals surface area contributed by atoms with E-state index in [0.29, 0.717) is 21.9 Å². The molecule has 0 saturated carbocycles. The van der Waals surface area contributed by atoms with Crippen LogP contribution in [-0.2, 0) is 0 Å². The number of hydrogen-bond donors (Lipinski definition) is 0. The van der Waals surface area contributed by atoms with Gasteiger partial charge in [0.1, 0.15) is 11.8 Å². The molecule has 4 nitrogen and oxygen atoms in total. The van der Waals surface area contributed by atoms with E-state index in [2.05, 4.69) is 6.07 Å². The zero-order chi connectivity index (χ0) is 17.4. The Morgan fingerprint density at radius 3 is 2.72 bits per heavy atom. The first-order valence-corrected chi connectivity index (χ1v) is 7.96. The maximum absolute atomic E-state index is 12.8. The van der Waals surface area contributed by atoms with Crippen LogP contribution in [0.25, 0.3) is 22.2 Å². The molecule has 0 amide bonds. The number of nitrogens with zero attached hydrogens (tertiary/aromatic N) is 2. The Labute approximate surface area is 148 Å². The molecular formula is C20H11ClN2O2. The molecule has 0 aliphatic rings. The molecule has 2 aromatic heterocycles. The van der Waals surface area contributed by atoms with E-state index in [1.165, 1.54) is 10.8 Å². The molecule has 0 radical (unpaired) electrons. The van der Waals surface area contributed by atoms with Gasteiger partial charge in [0.15, 0.2) is 5.76 Å². The molecule has 0 aliphatic heterocycles. The van der Waals surface area contributed by atoms with Gasteiger partial charge in [-0.3, -0.25) is 9.36 Å². The van der Waals surface area contributed by atoms with Gasteiger partial charge in [-0.25, -0.2) is 0 Å². The Balaban J connectivity index is 1.77. The third kappa shape index (κ3) is 2.61. The highest BCUT2D eigenvalue weighted by Gasteiger charge is 2.18. The zero-order valence-corrected chi connectivity index (χ0v) is 13.7. The van der Waals surface area contributed by atoms with Crippen LogP contribution in [0, 0.1) is 11.3 Å². The van der Waals surface area contributed by atoms with Gasteiger partial charge in [-0.05, 0) is 30.3 Å². The fraction of sp³-hybridized carbons (Fsp3) is 0. The number of nitriles is 1. The van der Waals surface area contributed by atoms with Crippen LogP contribution in [0.1, 0.15) is 16.1 Å². The summed E-state index contributed by atoms with van der Waals surface area (Å²) >= 11 is 6.00. The Morgan fingerprint density at radius 2 is 1.92 bits per heavy atom. The summed E-state index contributed by atoms with van der Waals surface area (Å²) in [5, 5.41) is 10.6. The molecule has 120 valence electrons. The first-order chi connectivity index (χ1) is 12.2. The second-order valence-corrected chi connectivity index (χ2v) is 5.96. The van der Waals surface area contributed by atoms with Crippen LogP contribution >= 0.6 is 11.6 Å². The maximum Gasteiger partial charge on any atom is 0.298 e. The van der Waals surface area contributed by atoms with E-state index in [4.69, 9.17) is 16.0 Å². The van der Waals surface area contributed by atoms with Crippen LogP contribution in [0.3, 0.4) is 0 Å². The van der Waals surface area contributed by atoms with Gasteiger partial charge < -0.3 is 4.42 Å². The molecule has 0 spiro atoms. The molecule has 25 heavy (non-hydrogen) atoms. The van der Waals surface area contributed by atoms with Crippen molar-refractivity contribution in [2.75, 3.05) is 0 Å². The monoisotopic (exact) mass is 346 g/mol. The molecule has 4 aromatic rings. The Bertz CT molecular complexity index is 1150. The topological polar surface area (TPSA) is 58.9 Å². The number of aromatic nitrogens is 1. The number of rotatable bonds is 2. The molecule has 2 aromatic carbocycles. The number of para-hydroxylation sites is 1. The van der Waals surface area contributed by atoms with Crippen LogP contribution in [0.5, 0.6) is 0 Å². The van der Waals surface area contributed by atoms with Crippen LogP contribution in [0.15, 0.2) is 71.3 Å². The van der Waals surface area contributed by atoms with Crippen molar-refractivity contribution >= 4 is 28.4 Å². The first-order valence-electron chi connectivity index (χ1n) is 7.58. The maximum atomic E-state index is 12.8. The first kappa shape index (κ1) is 15.3. The quantitative estimate of drug-likeness (QED) is 0.506. The average molecular weight is 347 g/mol. The van der Waals surface area contributed by atoms with Gasteiger partial charge in [-0.1, -0.05) is 41.9 Å². The van der Waals surface area contributed by atoms with E-state index >= 15 is 0 Å². The van der Waals surface area contributed by atoms with Crippen LogP contribution in [0.2, 0.25) is 5.02 Å². The fourth-order valence-electron chi connectivity index (χ4n) is 2.81. The number of benzene rings is 2. The lowest BCUT2D eigenvalue weighted by Gasteiger charge is -2.01. The van der Waals surface area contributed by atoms with Crippen LogP contribution < -0.4 is 0 Å². The number of fused-ring (bicyclic) bond motifs is 1. The lowest BCUT2D eigenvalue weighted by Crippen LogP contribution is -2.09. The van der Waals surface area contributed by atoms with E-state index in [1.807, 2.05) is 30.3 Å². The van der Waals surface area contributed by atoms with Gasteiger partial charge in [0.25, 0.3) is 5.91 Å². The summed E-state index contributed by atoms with van der Waals surface area (Å²) in [6.45, 7) is 0. The van der Waals surface area contributed by atoms with E-state index in [-0.39, 0.29) is 11.7 Å². The third-order valence-electron chi connectivity index (χ3n) is 3.98. The summed E-state index contributed by atoms with van der Waals surface area (Å²) < 4.78 is 7.16. The molecule has 0 fully saturated rings. The highest BCUT2D eigenvalue weighted by atomic mass is 35.5. The third-order valence-corrected chi connectivity index (χ3v) is 4.21. The standard InChI is InChI=1S/C20H11ClN2O2/c21-15-5-3-4-13(10-15)18-8-9-19(25-18)20(24)23-12-14(11-22)16-6-1-2-7-17(16)23/h1-10,12H. The van der Waals surface area contributed by atoms with Crippen molar-refractivity contribution in [3.8, 4) is 17.4 Å². The average Bonchev–Trinajstić information content (AvgIpc) is 3.26. The van der Waals surface area contributed by atoms with Crippen molar-refractivity contribution in [2.45, 2.75) is 0 Å². The van der Waals surface area contributed by atoms with Gasteiger partial charge in [0, 0.05) is 22.2 Å². The highest BCUT2D eigenvalue weighted by molar-refractivity contribution is 6.30. The SMILES string of the molecule is N#Cc1cn(C(=O)c2ccc(-c3cccc(Cl)c3)o2)c2ccccc12. The molecular weight excluding hydrogens is 336 g/mol. The minimum atomic E-state index is -0.328. The predicted molar refractivity (Wildman–Crippen MR) is 95.5 cm³/mol. The van der Waals surface area contributed by atoms with Gasteiger partial charge in [0.05, 0.1) is 11.1 Å². The number of carbonyl (C=O) groups is 1. The Morgan fingerprint density at radius 1 is 1.08 bits per heavy atom. The van der Waals surface area contributed by atoms with E-state index < -0.39 is 0 Å². The highest BCUT2D eigenvalue weighted by Crippen LogP contribution is 2.27. The molecule has 5 heteroatoms. The number of hydrogen-bond acceptors (Lipinski definition) is 3. The molecule has 4 rings (SSSR count). The molecule has 0 N–H and O–H groups in total. The second-order valence-electron chi connectivity index (χ2n) is 5.52. The number of halogens is 1. The van der Waals surface area contributed by atoms with E-state index in [0.717, 1.165) is 10.9 Å². The van der Waals surface area contributed by atoms with Crippen molar-refractivity contribution in [2.24, 2.45) is 0 Å². The summed E-state index contributed by atoms with van der Waals surface area (Å²) in [5.74, 6) is 0.425. The molecule has 2 heterocycles. The zero-order valence-electron chi connectivity index (χ0n) is 12.9. The lowest BCUT2D eigenvalue weighted by molar-refractivity contribution is 0.0938. The fourth-order valence-corrected chi connectivity index (χ4v) is 3.00. The number of carbonyl (C=O) groups excluding carboxylic acids is 1. The minimum absolute atomic E-state index is 0.195. The van der Waals surface area contributed by atoms with E-state index in [1.54, 1.807) is 30.3 Å². The van der Waals surface area contributed by atoms with Crippen molar-refractivity contribution < 1.29 is 9.21 Å². The predicted octanol–water partition coefficient (Wildman–Crippen LogP) is 5.11. The van der Waals surface area contributed by atoms with Crippen LogP contribution in [-0.4, -0.2) is 10.5 Å². The minimum Gasteiger partial charge on any atom is -0.451 e. The summed E-state index contributed by atoms with van der Waals surface area (Å²) in [5.41, 5.74) is 1.91. The molecule has 0 atom stereocenters. The Hall–Kier alpha value is -3.29. The summed E-state index contributed by atoms with van der Waals surface area (Å²) in [7, 11) is 0.